The van der Waals surface area contributed by atoms with E-state index in [1.165, 1.54) is 0 Å². The molecule has 1 aromatic carbocycles. The van der Waals surface area contributed by atoms with Crippen LogP contribution in [0.1, 0.15) is 24.8 Å². The van der Waals surface area contributed by atoms with E-state index in [0.717, 1.165) is 59.5 Å². The molecule has 0 N–H and O–H groups in total. The van der Waals surface area contributed by atoms with Crippen LogP contribution < -0.4 is 0 Å². The Morgan fingerprint density at radius 3 is 2.76 bits per heavy atom. The quantitative estimate of drug-likeness (QED) is 0.413. The molecule has 0 atom stereocenters. The van der Waals surface area contributed by atoms with E-state index in [0.29, 0.717) is 11.4 Å². The Morgan fingerprint density at radius 1 is 1.17 bits per heavy atom. The normalized spacial score (nSPS) is 14.0. The van der Waals surface area contributed by atoms with E-state index in [-0.39, 0.29) is 5.91 Å². The molecular weight excluding hydrogens is 406 g/mol. The average Bonchev–Trinajstić information content (AvgIpc) is 3.34. The summed E-state index contributed by atoms with van der Waals surface area (Å²) >= 11 is 8.04. The maximum Gasteiger partial charge on any atom is 0.222 e. The second-order valence-corrected chi connectivity index (χ2v) is 8.42. The number of hydrogen-bond acceptors (Lipinski definition) is 5. The Hall–Kier alpha value is -2.38. The number of carbonyl (C=O) groups is 1. The lowest BCUT2D eigenvalue weighted by Gasteiger charge is -2.16. The molecule has 0 spiro atoms. The second kappa shape index (κ2) is 8.97. The summed E-state index contributed by atoms with van der Waals surface area (Å²) in [6, 6.07) is 9.70. The van der Waals surface area contributed by atoms with Crippen LogP contribution in [0.2, 0.25) is 5.02 Å². The smallest absolute Gasteiger partial charge is 0.222 e. The van der Waals surface area contributed by atoms with Gasteiger partial charge in [0.1, 0.15) is 0 Å². The van der Waals surface area contributed by atoms with Gasteiger partial charge in [-0.05, 0) is 49.6 Å². The number of halogens is 1. The number of nitrogens with zero attached hydrogens (tertiary/aromatic N) is 5. The summed E-state index contributed by atoms with van der Waals surface area (Å²) in [4.78, 5) is 17.8. The van der Waals surface area contributed by atoms with Gasteiger partial charge in [-0.25, -0.2) is 0 Å². The van der Waals surface area contributed by atoms with Crippen LogP contribution in [0.15, 0.2) is 47.9 Å². The fraction of sp³-hybridized carbons (Fsp3) is 0.333. The maximum atomic E-state index is 11.8. The molecule has 0 saturated carbocycles. The van der Waals surface area contributed by atoms with Gasteiger partial charge in [0.25, 0.3) is 0 Å². The van der Waals surface area contributed by atoms with E-state index < -0.39 is 0 Å². The van der Waals surface area contributed by atoms with Gasteiger partial charge < -0.3 is 4.90 Å². The molecule has 1 saturated heterocycles. The Morgan fingerprint density at radius 2 is 2.00 bits per heavy atom. The standard InChI is InChI=1S/C21H22ClN5OS/c1-15-17(22)5-2-6-18(15)27-20(16-8-10-23-11-9-16)24-25-21(27)29-14-4-13-26-12-3-7-19(26)28/h2,5-6,8-11H,3-4,7,12-14H2,1H3. The van der Waals surface area contributed by atoms with Crippen molar-refractivity contribution in [1.82, 2.24) is 24.6 Å². The maximum absolute atomic E-state index is 11.8. The third-order valence-electron chi connectivity index (χ3n) is 5.03. The van der Waals surface area contributed by atoms with Gasteiger partial charge in [0.05, 0.1) is 5.69 Å². The molecule has 2 aromatic heterocycles. The number of thioether (sulfide) groups is 1. The van der Waals surface area contributed by atoms with E-state index in [4.69, 9.17) is 11.6 Å². The van der Waals surface area contributed by atoms with Crippen molar-refractivity contribution in [2.45, 2.75) is 31.3 Å². The molecule has 3 aromatic rings. The summed E-state index contributed by atoms with van der Waals surface area (Å²) in [7, 11) is 0. The fourth-order valence-electron chi connectivity index (χ4n) is 3.47. The van der Waals surface area contributed by atoms with Crippen LogP contribution in [-0.4, -0.2) is 49.4 Å². The molecule has 1 aliphatic rings. The van der Waals surface area contributed by atoms with Crippen LogP contribution in [0.25, 0.3) is 17.1 Å². The zero-order chi connectivity index (χ0) is 20.2. The van der Waals surface area contributed by atoms with Gasteiger partial charge >= 0.3 is 0 Å². The van der Waals surface area contributed by atoms with Crippen molar-refractivity contribution >= 4 is 29.3 Å². The topological polar surface area (TPSA) is 63.9 Å². The molecular formula is C21H22ClN5OS. The van der Waals surface area contributed by atoms with Crippen LogP contribution in [0.4, 0.5) is 0 Å². The lowest BCUT2D eigenvalue weighted by Crippen LogP contribution is -2.25. The second-order valence-electron chi connectivity index (χ2n) is 6.95. The van der Waals surface area contributed by atoms with Crippen molar-refractivity contribution in [3.8, 4) is 17.1 Å². The van der Waals surface area contributed by atoms with Crippen LogP contribution in [-0.2, 0) is 4.79 Å². The minimum absolute atomic E-state index is 0.271. The number of hydrogen-bond donors (Lipinski definition) is 0. The first-order chi connectivity index (χ1) is 14.1. The summed E-state index contributed by atoms with van der Waals surface area (Å²) in [5.41, 5.74) is 2.89. The predicted molar refractivity (Wildman–Crippen MR) is 115 cm³/mol. The molecule has 29 heavy (non-hydrogen) atoms. The van der Waals surface area contributed by atoms with Gasteiger partial charge in [-0.1, -0.05) is 29.4 Å². The molecule has 150 valence electrons. The first-order valence-electron chi connectivity index (χ1n) is 9.67. The summed E-state index contributed by atoms with van der Waals surface area (Å²) in [5.74, 6) is 1.89. The van der Waals surface area contributed by atoms with E-state index in [2.05, 4.69) is 19.7 Å². The highest BCUT2D eigenvalue weighted by Crippen LogP contribution is 2.31. The number of likely N-dealkylation sites (tertiary alicyclic amines) is 1. The SMILES string of the molecule is Cc1c(Cl)cccc1-n1c(SCCCN2CCCC2=O)nnc1-c1ccncc1. The van der Waals surface area contributed by atoms with Gasteiger partial charge in [0.2, 0.25) is 5.91 Å². The summed E-state index contributed by atoms with van der Waals surface area (Å²) < 4.78 is 2.06. The van der Waals surface area contributed by atoms with Crippen LogP contribution in [0.5, 0.6) is 0 Å². The van der Waals surface area contributed by atoms with Crippen molar-refractivity contribution in [3.63, 3.8) is 0 Å². The Balaban J connectivity index is 1.59. The molecule has 1 aliphatic heterocycles. The van der Waals surface area contributed by atoms with Crippen molar-refractivity contribution in [1.29, 1.82) is 0 Å². The van der Waals surface area contributed by atoms with Gasteiger partial charge in [0.15, 0.2) is 11.0 Å². The molecule has 1 fully saturated rings. The molecule has 4 rings (SSSR count). The van der Waals surface area contributed by atoms with Crippen LogP contribution >= 0.6 is 23.4 Å². The van der Waals surface area contributed by atoms with Gasteiger partial charge in [-0.2, -0.15) is 0 Å². The highest BCUT2D eigenvalue weighted by molar-refractivity contribution is 7.99. The van der Waals surface area contributed by atoms with Crippen molar-refractivity contribution in [2.75, 3.05) is 18.8 Å². The molecule has 0 bridgehead atoms. The van der Waals surface area contributed by atoms with Crippen molar-refractivity contribution in [2.24, 2.45) is 0 Å². The zero-order valence-corrected chi connectivity index (χ0v) is 17.8. The van der Waals surface area contributed by atoms with Crippen molar-refractivity contribution in [3.05, 3.63) is 53.3 Å². The first kappa shape index (κ1) is 19.9. The largest absolute Gasteiger partial charge is 0.343 e. The van der Waals surface area contributed by atoms with E-state index >= 15 is 0 Å². The molecule has 6 nitrogen and oxygen atoms in total. The Labute approximate surface area is 179 Å². The average molecular weight is 428 g/mol. The predicted octanol–water partition coefficient (Wildman–Crippen LogP) is 4.40. The Bertz CT molecular complexity index is 1010. The van der Waals surface area contributed by atoms with Crippen LogP contribution in [0.3, 0.4) is 0 Å². The first-order valence-corrected chi connectivity index (χ1v) is 11.0. The number of amides is 1. The number of benzene rings is 1. The van der Waals surface area contributed by atoms with E-state index in [1.54, 1.807) is 24.2 Å². The highest BCUT2D eigenvalue weighted by atomic mass is 35.5. The molecule has 0 aliphatic carbocycles. The van der Waals surface area contributed by atoms with Crippen LogP contribution in [0, 0.1) is 6.92 Å². The highest BCUT2D eigenvalue weighted by Gasteiger charge is 2.20. The molecule has 3 heterocycles. The number of rotatable bonds is 7. The van der Waals surface area contributed by atoms with Gasteiger partial charge in [-0.3, -0.25) is 14.3 Å². The van der Waals surface area contributed by atoms with Gasteiger partial charge in [0, 0.05) is 48.2 Å². The number of carbonyl (C=O) groups excluding carboxylic acids is 1. The molecule has 8 heteroatoms. The zero-order valence-electron chi connectivity index (χ0n) is 16.2. The minimum Gasteiger partial charge on any atom is -0.343 e. The lowest BCUT2D eigenvalue weighted by molar-refractivity contribution is -0.127. The summed E-state index contributed by atoms with van der Waals surface area (Å²) in [6.45, 7) is 3.68. The fourth-order valence-corrected chi connectivity index (χ4v) is 4.50. The number of pyridine rings is 1. The molecule has 0 unspecified atom stereocenters. The van der Waals surface area contributed by atoms with Gasteiger partial charge in [-0.15, -0.1) is 10.2 Å². The lowest BCUT2D eigenvalue weighted by atomic mass is 10.2. The third-order valence-corrected chi connectivity index (χ3v) is 6.45. The van der Waals surface area contributed by atoms with Crippen molar-refractivity contribution < 1.29 is 4.79 Å². The van der Waals surface area contributed by atoms with E-state index in [1.807, 2.05) is 42.2 Å². The molecule has 0 radical (unpaired) electrons. The summed E-state index contributed by atoms with van der Waals surface area (Å²) in [6.07, 6.45) is 6.08. The van der Waals surface area contributed by atoms with E-state index in [9.17, 15) is 4.79 Å². The monoisotopic (exact) mass is 427 g/mol. The Kier molecular flexibility index (Phi) is 6.16. The number of aromatic nitrogens is 4. The minimum atomic E-state index is 0.271. The third kappa shape index (κ3) is 4.31. The summed E-state index contributed by atoms with van der Waals surface area (Å²) in [5, 5.41) is 10.4. The molecule has 1 amide bonds.